The van der Waals surface area contributed by atoms with E-state index in [-0.39, 0.29) is 11.5 Å². The van der Waals surface area contributed by atoms with E-state index in [4.69, 9.17) is 10.7 Å². The molecule has 5 rings (SSSR count). The van der Waals surface area contributed by atoms with Crippen molar-refractivity contribution in [3.8, 4) is 11.3 Å². The largest absolute Gasteiger partial charge is 0.370 e. The van der Waals surface area contributed by atoms with Crippen molar-refractivity contribution < 1.29 is 0 Å². The number of hydrogen-bond acceptors (Lipinski definition) is 8. The molecular formula is C25H28N8O. The Hall–Kier alpha value is -3.98. The van der Waals surface area contributed by atoms with Crippen LogP contribution in [0.25, 0.3) is 22.0 Å². The minimum absolute atomic E-state index is 0.201. The predicted octanol–water partition coefficient (Wildman–Crippen LogP) is 3.15. The summed E-state index contributed by atoms with van der Waals surface area (Å²) in [5, 5.41) is 4.62. The summed E-state index contributed by atoms with van der Waals surface area (Å²) >= 11 is 0. The Bertz CT molecular complexity index is 1400. The number of nitrogen functional groups attached to an aromatic ring is 1. The predicted molar refractivity (Wildman–Crippen MR) is 137 cm³/mol. The number of likely N-dealkylation sites (N-methyl/N-ethyl adjacent to an activating group) is 1. The number of hydrogen-bond donors (Lipinski definition) is 3. The first-order valence-electron chi connectivity index (χ1n) is 11.3. The summed E-state index contributed by atoms with van der Waals surface area (Å²) in [4.78, 5) is 33.3. The van der Waals surface area contributed by atoms with E-state index in [1.54, 1.807) is 12.4 Å². The topological polar surface area (TPSA) is 116 Å². The molecule has 1 aromatic carbocycles. The van der Waals surface area contributed by atoms with Crippen molar-refractivity contribution in [2.24, 2.45) is 0 Å². The van der Waals surface area contributed by atoms with Gasteiger partial charge in [-0.05, 0) is 69.2 Å². The molecule has 1 fully saturated rings. The van der Waals surface area contributed by atoms with Gasteiger partial charge in [0, 0.05) is 48.5 Å². The number of nitrogens with two attached hydrogens (primary N) is 1. The molecule has 0 saturated carbocycles. The van der Waals surface area contributed by atoms with Gasteiger partial charge in [-0.3, -0.25) is 4.79 Å². The first-order valence-corrected chi connectivity index (χ1v) is 11.3. The zero-order valence-corrected chi connectivity index (χ0v) is 19.5. The van der Waals surface area contributed by atoms with Gasteiger partial charge in [0.1, 0.15) is 5.82 Å². The number of fused-ring (bicyclic) bond motifs is 1. The number of H-pyrrole nitrogens is 1. The minimum atomic E-state index is -0.201. The van der Waals surface area contributed by atoms with Crippen molar-refractivity contribution >= 4 is 33.9 Å². The Kier molecular flexibility index (Phi) is 5.62. The highest BCUT2D eigenvalue weighted by molar-refractivity contribution is 5.95. The van der Waals surface area contributed by atoms with Crippen molar-refractivity contribution in [1.29, 1.82) is 0 Å². The van der Waals surface area contributed by atoms with Crippen LogP contribution in [0.4, 0.5) is 23.1 Å². The maximum Gasteiger partial charge on any atom is 0.259 e. The van der Waals surface area contributed by atoms with E-state index in [0.717, 1.165) is 41.8 Å². The third-order valence-electron chi connectivity index (χ3n) is 6.42. The molecule has 9 heteroatoms. The Morgan fingerprint density at radius 2 is 1.97 bits per heavy atom. The summed E-state index contributed by atoms with van der Waals surface area (Å²) < 4.78 is 0. The number of benzene rings is 1. The molecule has 1 aliphatic heterocycles. The molecule has 4 aromatic rings. The lowest BCUT2D eigenvalue weighted by Gasteiger charge is -2.22. The van der Waals surface area contributed by atoms with Crippen LogP contribution in [0.15, 0.2) is 53.6 Å². The van der Waals surface area contributed by atoms with E-state index in [0.29, 0.717) is 22.9 Å². The number of aryl methyl sites for hydroxylation is 1. The van der Waals surface area contributed by atoms with E-state index in [2.05, 4.69) is 56.3 Å². The van der Waals surface area contributed by atoms with E-state index in [1.165, 1.54) is 5.69 Å². The van der Waals surface area contributed by atoms with Gasteiger partial charge >= 0.3 is 0 Å². The van der Waals surface area contributed by atoms with Gasteiger partial charge in [0.15, 0.2) is 0 Å². The fourth-order valence-corrected chi connectivity index (χ4v) is 4.47. The van der Waals surface area contributed by atoms with Gasteiger partial charge in [-0.15, -0.1) is 0 Å². The van der Waals surface area contributed by atoms with E-state index in [1.807, 2.05) is 31.2 Å². The van der Waals surface area contributed by atoms with Gasteiger partial charge in [0.05, 0.1) is 16.8 Å². The number of aromatic nitrogens is 4. The van der Waals surface area contributed by atoms with Crippen LogP contribution in [-0.4, -0.2) is 58.1 Å². The van der Waals surface area contributed by atoms with Crippen molar-refractivity contribution in [1.82, 2.24) is 24.8 Å². The Labute approximate surface area is 197 Å². The number of nitrogens with one attached hydrogen (secondary N) is 2. The van der Waals surface area contributed by atoms with E-state index < -0.39 is 0 Å². The quantitative estimate of drug-likeness (QED) is 0.419. The summed E-state index contributed by atoms with van der Waals surface area (Å²) in [6, 6.07) is 12.6. The van der Waals surface area contributed by atoms with Crippen LogP contribution in [0, 0.1) is 6.92 Å². The fraction of sp³-hybridized carbons (Fsp3) is 0.280. The van der Waals surface area contributed by atoms with Crippen molar-refractivity contribution in [3.05, 3.63) is 64.8 Å². The molecule has 4 N–H and O–H groups in total. The fourth-order valence-electron chi connectivity index (χ4n) is 4.47. The maximum absolute atomic E-state index is 12.7. The molecule has 4 heterocycles. The molecule has 0 bridgehead atoms. The molecule has 0 amide bonds. The van der Waals surface area contributed by atoms with Crippen LogP contribution in [0.1, 0.15) is 12.1 Å². The third kappa shape index (κ3) is 4.17. The van der Waals surface area contributed by atoms with Crippen molar-refractivity contribution in [2.75, 3.05) is 43.1 Å². The number of nitrogens with zero attached hydrogens (tertiary/aromatic N) is 5. The molecule has 9 nitrogen and oxygen atoms in total. The monoisotopic (exact) mass is 456 g/mol. The molecule has 0 aliphatic carbocycles. The second-order valence-electron chi connectivity index (χ2n) is 8.88. The molecule has 0 spiro atoms. The van der Waals surface area contributed by atoms with Crippen molar-refractivity contribution in [2.45, 2.75) is 19.4 Å². The lowest BCUT2D eigenvalue weighted by Crippen LogP contribution is -2.31. The molecule has 0 radical (unpaired) electrons. The van der Waals surface area contributed by atoms with E-state index >= 15 is 0 Å². The molecule has 1 aliphatic rings. The second kappa shape index (κ2) is 8.75. The van der Waals surface area contributed by atoms with Gasteiger partial charge in [0.2, 0.25) is 5.95 Å². The zero-order valence-electron chi connectivity index (χ0n) is 19.5. The Balaban J connectivity index is 1.49. The molecule has 1 unspecified atom stereocenters. The average Bonchev–Trinajstić information content (AvgIpc) is 3.30. The van der Waals surface area contributed by atoms with E-state index in [9.17, 15) is 4.79 Å². The van der Waals surface area contributed by atoms with Crippen molar-refractivity contribution in [3.63, 3.8) is 0 Å². The van der Waals surface area contributed by atoms with Gasteiger partial charge in [0.25, 0.3) is 5.56 Å². The molecule has 174 valence electrons. The number of aromatic amines is 1. The highest BCUT2D eigenvalue weighted by atomic mass is 16.1. The summed E-state index contributed by atoms with van der Waals surface area (Å²) in [5.74, 6) is 0.694. The van der Waals surface area contributed by atoms with Gasteiger partial charge in [-0.25, -0.2) is 15.0 Å². The molecule has 34 heavy (non-hydrogen) atoms. The first kappa shape index (κ1) is 21.8. The highest BCUT2D eigenvalue weighted by Crippen LogP contribution is 2.30. The zero-order chi connectivity index (χ0) is 23.8. The first-order chi connectivity index (χ1) is 16.4. The van der Waals surface area contributed by atoms with Gasteiger partial charge in [-0.2, -0.15) is 0 Å². The summed E-state index contributed by atoms with van der Waals surface area (Å²) in [6.07, 6.45) is 4.46. The van der Waals surface area contributed by atoms with Crippen LogP contribution in [0.5, 0.6) is 0 Å². The second-order valence-corrected chi connectivity index (χ2v) is 8.88. The van der Waals surface area contributed by atoms with Crippen LogP contribution in [0.2, 0.25) is 0 Å². The molecule has 3 aromatic heterocycles. The van der Waals surface area contributed by atoms with Gasteiger partial charge < -0.3 is 25.8 Å². The van der Waals surface area contributed by atoms with Crippen LogP contribution >= 0.6 is 0 Å². The van der Waals surface area contributed by atoms with Crippen LogP contribution in [-0.2, 0) is 0 Å². The number of pyridine rings is 2. The maximum atomic E-state index is 12.7. The number of rotatable bonds is 5. The lowest BCUT2D eigenvalue weighted by molar-refractivity contribution is 0.315. The summed E-state index contributed by atoms with van der Waals surface area (Å²) in [7, 11) is 4.26. The van der Waals surface area contributed by atoms with Gasteiger partial charge in [-0.1, -0.05) is 0 Å². The van der Waals surface area contributed by atoms with Crippen LogP contribution < -0.4 is 21.5 Å². The smallest absolute Gasteiger partial charge is 0.259 e. The third-order valence-corrected chi connectivity index (χ3v) is 6.42. The SMILES string of the molecule is Cc1nc(N)ncc1-c1cc2cc[nH]c(=O)c2c(Nc2ccc(N3CCC(N(C)C)C3)cc2)n1. The minimum Gasteiger partial charge on any atom is -0.370 e. The molecule has 1 atom stereocenters. The Morgan fingerprint density at radius 3 is 2.68 bits per heavy atom. The lowest BCUT2D eigenvalue weighted by atomic mass is 10.1. The van der Waals surface area contributed by atoms with Crippen LogP contribution in [0.3, 0.4) is 0 Å². The number of anilines is 4. The molecular weight excluding hydrogens is 428 g/mol. The highest BCUT2D eigenvalue weighted by Gasteiger charge is 2.24. The molecule has 1 saturated heterocycles. The summed E-state index contributed by atoms with van der Waals surface area (Å²) in [6.45, 7) is 3.93. The normalized spacial score (nSPS) is 15.9. The average molecular weight is 457 g/mol. The summed E-state index contributed by atoms with van der Waals surface area (Å²) in [5.41, 5.74) is 9.72. The Morgan fingerprint density at radius 1 is 1.18 bits per heavy atom. The standard InChI is InChI=1S/C25H28N8O/c1-15-20(13-28-25(26)29-15)21-12-16-8-10-27-24(34)22(16)23(31-21)30-17-4-6-18(7-5-17)33-11-9-19(14-33)32(2)3/h4-8,10,12-13,19H,9,11,14H2,1-3H3,(H,27,34)(H,30,31)(H2,26,28,29).